The lowest BCUT2D eigenvalue weighted by molar-refractivity contribution is -0.141. The van der Waals surface area contributed by atoms with E-state index in [1.54, 1.807) is 41.1 Å². The highest BCUT2D eigenvalue weighted by molar-refractivity contribution is 7.99. The van der Waals surface area contributed by atoms with Crippen LogP contribution in [0.15, 0.2) is 24.4 Å². The predicted octanol–water partition coefficient (Wildman–Crippen LogP) is 1.20. The number of methoxy groups -OCH3 is 1. The Morgan fingerprint density at radius 1 is 1.53 bits per heavy atom. The van der Waals surface area contributed by atoms with Crippen LogP contribution in [0.5, 0.6) is 0 Å². The first-order chi connectivity index (χ1) is 9.22. The fraction of sp³-hybridized carbons (Fsp3) is 0.462. The molecule has 2 heterocycles. The summed E-state index contributed by atoms with van der Waals surface area (Å²) in [5.41, 5.74) is 0.421. The Hall–Kier alpha value is -1.56. The van der Waals surface area contributed by atoms with Crippen LogP contribution < -0.4 is 0 Å². The largest absolute Gasteiger partial charge is 0.469 e. The van der Waals surface area contributed by atoms with Gasteiger partial charge in [0.05, 0.1) is 19.6 Å². The van der Waals surface area contributed by atoms with E-state index in [0.717, 1.165) is 11.5 Å². The summed E-state index contributed by atoms with van der Waals surface area (Å²) in [5.74, 6) is 1.24. The Kier molecular flexibility index (Phi) is 4.79. The number of pyridine rings is 1. The molecule has 1 amide bonds. The highest BCUT2D eigenvalue weighted by Gasteiger charge is 2.30. The molecule has 1 saturated heterocycles. The van der Waals surface area contributed by atoms with E-state index < -0.39 is 0 Å². The van der Waals surface area contributed by atoms with E-state index in [-0.39, 0.29) is 24.3 Å². The van der Waals surface area contributed by atoms with Crippen LogP contribution in [-0.4, -0.2) is 53.0 Å². The number of nitrogens with zero attached hydrogens (tertiary/aromatic N) is 2. The number of hydrogen-bond donors (Lipinski definition) is 0. The number of ether oxygens (including phenoxy) is 1. The first-order valence-corrected chi connectivity index (χ1v) is 7.24. The van der Waals surface area contributed by atoms with Gasteiger partial charge in [-0.25, -0.2) is 0 Å². The van der Waals surface area contributed by atoms with Gasteiger partial charge in [0.1, 0.15) is 5.69 Å². The molecule has 1 aromatic heterocycles. The molecule has 1 aliphatic rings. The van der Waals surface area contributed by atoms with E-state index in [1.165, 1.54) is 7.11 Å². The smallest absolute Gasteiger partial charge is 0.307 e. The van der Waals surface area contributed by atoms with Crippen molar-refractivity contribution in [1.82, 2.24) is 9.88 Å². The van der Waals surface area contributed by atoms with E-state index in [1.807, 2.05) is 0 Å². The summed E-state index contributed by atoms with van der Waals surface area (Å²) in [6, 6.07) is 5.14. The first kappa shape index (κ1) is 13.9. The Morgan fingerprint density at radius 2 is 2.37 bits per heavy atom. The second-order valence-electron chi connectivity index (χ2n) is 4.22. The maximum Gasteiger partial charge on any atom is 0.307 e. The summed E-state index contributed by atoms with van der Waals surface area (Å²) in [5, 5.41) is 0. The molecule has 0 bridgehead atoms. The molecule has 1 aliphatic heterocycles. The molecule has 19 heavy (non-hydrogen) atoms. The van der Waals surface area contributed by atoms with E-state index >= 15 is 0 Å². The SMILES string of the molecule is COC(=O)C[C@H]1CSCCN1C(=O)c1ccccn1. The molecule has 0 saturated carbocycles. The van der Waals surface area contributed by atoms with Crippen molar-refractivity contribution in [2.45, 2.75) is 12.5 Å². The number of rotatable bonds is 3. The van der Waals surface area contributed by atoms with Crippen molar-refractivity contribution in [3.8, 4) is 0 Å². The molecular formula is C13H16N2O3S. The maximum absolute atomic E-state index is 12.4. The molecule has 0 unspecified atom stereocenters. The number of thioether (sulfide) groups is 1. The average molecular weight is 280 g/mol. The molecule has 5 nitrogen and oxygen atoms in total. The summed E-state index contributed by atoms with van der Waals surface area (Å²) in [6.07, 6.45) is 1.84. The van der Waals surface area contributed by atoms with Gasteiger partial charge in [-0.15, -0.1) is 0 Å². The second-order valence-corrected chi connectivity index (χ2v) is 5.37. The monoisotopic (exact) mass is 280 g/mol. The molecule has 1 aromatic rings. The molecule has 0 aliphatic carbocycles. The normalized spacial score (nSPS) is 19.0. The van der Waals surface area contributed by atoms with Gasteiger partial charge in [0, 0.05) is 24.2 Å². The van der Waals surface area contributed by atoms with Gasteiger partial charge in [0.25, 0.3) is 5.91 Å². The van der Waals surface area contributed by atoms with Crippen LogP contribution in [-0.2, 0) is 9.53 Å². The van der Waals surface area contributed by atoms with Crippen LogP contribution in [0.4, 0.5) is 0 Å². The maximum atomic E-state index is 12.4. The summed E-state index contributed by atoms with van der Waals surface area (Å²) in [6.45, 7) is 0.641. The van der Waals surface area contributed by atoms with Crippen LogP contribution in [0.3, 0.4) is 0 Å². The van der Waals surface area contributed by atoms with Crippen LogP contribution in [0.2, 0.25) is 0 Å². The van der Waals surface area contributed by atoms with Crippen molar-refractivity contribution >= 4 is 23.6 Å². The van der Waals surface area contributed by atoms with E-state index in [4.69, 9.17) is 0 Å². The van der Waals surface area contributed by atoms with Crippen LogP contribution in [0, 0.1) is 0 Å². The molecule has 2 rings (SSSR count). The van der Waals surface area contributed by atoms with E-state index in [9.17, 15) is 9.59 Å². The lowest BCUT2D eigenvalue weighted by atomic mass is 10.1. The molecule has 0 N–H and O–H groups in total. The summed E-state index contributed by atoms with van der Waals surface area (Å²) < 4.78 is 4.68. The molecule has 6 heteroatoms. The van der Waals surface area contributed by atoms with Gasteiger partial charge in [0.2, 0.25) is 0 Å². The molecule has 1 fully saturated rings. The van der Waals surface area contributed by atoms with Gasteiger partial charge >= 0.3 is 5.97 Å². The lowest BCUT2D eigenvalue weighted by Gasteiger charge is -2.34. The zero-order chi connectivity index (χ0) is 13.7. The van der Waals surface area contributed by atoms with Gasteiger partial charge in [-0.2, -0.15) is 11.8 Å². The van der Waals surface area contributed by atoms with Crippen molar-refractivity contribution in [2.24, 2.45) is 0 Å². The number of carbonyl (C=O) groups excluding carboxylic acids is 2. The van der Waals surface area contributed by atoms with Gasteiger partial charge in [-0.1, -0.05) is 6.07 Å². The Balaban J connectivity index is 2.11. The van der Waals surface area contributed by atoms with E-state index in [0.29, 0.717) is 12.2 Å². The summed E-state index contributed by atoms with van der Waals surface area (Å²) >= 11 is 1.75. The Labute approximate surface area is 116 Å². The van der Waals surface area contributed by atoms with Gasteiger partial charge < -0.3 is 9.64 Å². The Morgan fingerprint density at radius 3 is 3.05 bits per heavy atom. The van der Waals surface area contributed by atoms with Crippen molar-refractivity contribution in [1.29, 1.82) is 0 Å². The third kappa shape index (κ3) is 3.47. The quantitative estimate of drug-likeness (QED) is 0.779. The van der Waals surface area contributed by atoms with Crippen LogP contribution in [0.25, 0.3) is 0 Å². The highest BCUT2D eigenvalue weighted by atomic mass is 32.2. The minimum atomic E-state index is -0.286. The number of aromatic nitrogens is 1. The fourth-order valence-corrected chi connectivity index (χ4v) is 3.07. The van der Waals surface area contributed by atoms with Crippen LogP contribution in [0.1, 0.15) is 16.9 Å². The topological polar surface area (TPSA) is 59.5 Å². The van der Waals surface area contributed by atoms with Crippen molar-refractivity contribution in [3.05, 3.63) is 30.1 Å². The van der Waals surface area contributed by atoms with Gasteiger partial charge in [-0.05, 0) is 12.1 Å². The van der Waals surface area contributed by atoms with Crippen molar-refractivity contribution in [2.75, 3.05) is 25.2 Å². The summed E-state index contributed by atoms with van der Waals surface area (Å²) in [4.78, 5) is 29.6. The molecule has 0 aromatic carbocycles. The minimum absolute atomic E-state index is 0.110. The third-order valence-corrected chi connectivity index (χ3v) is 4.09. The third-order valence-electron chi connectivity index (χ3n) is 3.00. The van der Waals surface area contributed by atoms with Gasteiger partial charge in [0.15, 0.2) is 0 Å². The lowest BCUT2D eigenvalue weighted by Crippen LogP contribution is -2.47. The standard InChI is InChI=1S/C13H16N2O3S/c1-18-12(16)8-10-9-19-7-6-15(10)13(17)11-4-2-3-5-14-11/h2-5,10H,6-9H2,1H3/t10-/m0/s1. The average Bonchev–Trinajstić information content (AvgIpc) is 2.48. The molecular weight excluding hydrogens is 264 g/mol. The number of amides is 1. The first-order valence-electron chi connectivity index (χ1n) is 6.09. The highest BCUT2D eigenvalue weighted by Crippen LogP contribution is 2.21. The zero-order valence-electron chi connectivity index (χ0n) is 10.7. The van der Waals surface area contributed by atoms with Crippen LogP contribution >= 0.6 is 11.8 Å². The van der Waals surface area contributed by atoms with Crippen molar-refractivity contribution < 1.29 is 14.3 Å². The fourth-order valence-electron chi connectivity index (χ4n) is 2.00. The van der Waals surface area contributed by atoms with Crippen molar-refractivity contribution in [3.63, 3.8) is 0 Å². The minimum Gasteiger partial charge on any atom is -0.469 e. The van der Waals surface area contributed by atoms with E-state index in [2.05, 4.69) is 9.72 Å². The number of carbonyl (C=O) groups is 2. The summed E-state index contributed by atoms with van der Waals surface area (Å²) in [7, 11) is 1.36. The zero-order valence-corrected chi connectivity index (χ0v) is 11.6. The molecule has 0 radical (unpaired) electrons. The number of hydrogen-bond acceptors (Lipinski definition) is 5. The second kappa shape index (κ2) is 6.56. The molecule has 102 valence electrons. The molecule has 1 atom stereocenters. The Bertz CT molecular complexity index is 452. The van der Waals surface area contributed by atoms with Gasteiger partial charge in [-0.3, -0.25) is 14.6 Å². The predicted molar refractivity (Wildman–Crippen MR) is 73.0 cm³/mol. The number of esters is 1. The molecule has 0 spiro atoms.